The van der Waals surface area contributed by atoms with E-state index < -0.39 is 60.4 Å². The van der Waals surface area contributed by atoms with Crippen LogP contribution in [0.4, 0.5) is 17.6 Å². The highest BCUT2D eigenvalue weighted by Gasteiger charge is 2.54. The van der Waals surface area contributed by atoms with E-state index in [-0.39, 0.29) is 0 Å². The van der Waals surface area contributed by atoms with Gasteiger partial charge in [-0.1, -0.05) is 60.7 Å². The molecular formula is C34H46B2F4O4. The molecule has 2 heterocycles. The topological polar surface area (TPSA) is 36.9 Å². The Morgan fingerprint density at radius 1 is 0.545 bits per heavy atom. The standard InChI is InChI=1S/2C17H23BF2O2/c2*1-16(2)17(3,4)22-18(21-16)14(12-15(19)20)11-10-13-8-6-5-7-9-13/h2*5-9,12,14H,10-11H2,1-4H3/t2*14-/m00/s1. The second kappa shape index (κ2) is 14.8. The smallest absolute Gasteiger partial charge is 0.403 e. The molecule has 0 amide bonds. The van der Waals surface area contributed by atoms with E-state index in [1.165, 1.54) is 0 Å². The molecule has 0 bridgehead atoms. The highest BCUT2D eigenvalue weighted by atomic mass is 19.3. The molecule has 0 aliphatic carbocycles. The summed E-state index contributed by atoms with van der Waals surface area (Å²) < 4.78 is 74.9. The predicted octanol–water partition coefficient (Wildman–Crippen LogP) is 9.72. The maximum atomic E-state index is 12.8. The first-order chi connectivity index (χ1) is 20.4. The van der Waals surface area contributed by atoms with Gasteiger partial charge in [0.05, 0.1) is 22.4 Å². The van der Waals surface area contributed by atoms with Gasteiger partial charge in [0, 0.05) is 11.6 Å². The van der Waals surface area contributed by atoms with Crippen molar-refractivity contribution < 1.29 is 36.2 Å². The van der Waals surface area contributed by atoms with Crippen LogP contribution in [0.1, 0.15) is 79.4 Å². The van der Waals surface area contributed by atoms with Crippen LogP contribution in [0.15, 0.2) is 85.0 Å². The van der Waals surface area contributed by atoms with Gasteiger partial charge in [-0.2, -0.15) is 17.6 Å². The average molecular weight is 616 g/mol. The summed E-state index contributed by atoms with van der Waals surface area (Å²) in [6, 6.07) is 19.7. The van der Waals surface area contributed by atoms with Crippen molar-refractivity contribution in [3.63, 3.8) is 0 Å². The number of aryl methyl sites for hydroxylation is 2. The molecule has 4 rings (SSSR count). The fourth-order valence-corrected chi connectivity index (χ4v) is 5.00. The van der Waals surface area contributed by atoms with Gasteiger partial charge < -0.3 is 18.6 Å². The van der Waals surface area contributed by atoms with Crippen molar-refractivity contribution in [1.82, 2.24) is 0 Å². The third-order valence-electron chi connectivity index (χ3n) is 9.14. The van der Waals surface area contributed by atoms with Gasteiger partial charge in [-0.25, -0.2) is 0 Å². The van der Waals surface area contributed by atoms with Gasteiger partial charge in [0.25, 0.3) is 12.2 Å². The summed E-state index contributed by atoms with van der Waals surface area (Å²) in [5.74, 6) is -0.933. The molecule has 0 radical (unpaired) electrons. The molecule has 2 aromatic rings. The number of benzene rings is 2. The summed E-state index contributed by atoms with van der Waals surface area (Å²) in [6.45, 7) is 15.4. The second-order valence-electron chi connectivity index (χ2n) is 13.5. The zero-order chi connectivity index (χ0) is 32.8. The van der Waals surface area contributed by atoms with E-state index in [2.05, 4.69) is 0 Å². The molecule has 2 aliphatic rings. The van der Waals surface area contributed by atoms with Crippen LogP contribution >= 0.6 is 0 Å². The molecule has 10 heteroatoms. The monoisotopic (exact) mass is 616 g/mol. The van der Waals surface area contributed by atoms with Gasteiger partial charge in [-0.15, -0.1) is 0 Å². The van der Waals surface area contributed by atoms with Gasteiger partial charge in [0.1, 0.15) is 0 Å². The van der Waals surface area contributed by atoms with Crippen LogP contribution in [0.25, 0.3) is 0 Å². The Labute approximate surface area is 261 Å². The molecule has 0 spiro atoms. The van der Waals surface area contributed by atoms with Crippen molar-refractivity contribution in [1.29, 1.82) is 0 Å². The first-order valence-electron chi connectivity index (χ1n) is 15.3. The van der Waals surface area contributed by atoms with E-state index in [1.54, 1.807) is 0 Å². The summed E-state index contributed by atoms with van der Waals surface area (Å²) in [4.78, 5) is 0. The Kier molecular flexibility index (Phi) is 12.1. The molecule has 0 aromatic heterocycles. The summed E-state index contributed by atoms with van der Waals surface area (Å²) in [5.41, 5.74) is 0.201. The molecule has 2 aliphatic heterocycles. The summed E-state index contributed by atoms with van der Waals surface area (Å²) >= 11 is 0. The first kappa shape index (κ1) is 36.1. The minimum Gasteiger partial charge on any atom is -0.403 e. The normalized spacial score (nSPS) is 20.7. The van der Waals surface area contributed by atoms with Crippen molar-refractivity contribution in [3.8, 4) is 0 Å². The van der Waals surface area contributed by atoms with Gasteiger partial charge >= 0.3 is 14.2 Å². The van der Waals surface area contributed by atoms with Crippen LogP contribution in [0.3, 0.4) is 0 Å². The van der Waals surface area contributed by atoms with Crippen LogP contribution in [-0.4, -0.2) is 36.6 Å². The van der Waals surface area contributed by atoms with Crippen molar-refractivity contribution >= 4 is 14.2 Å². The highest BCUT2D eigenvalue weighted by molar-refractivity contribution is 6.48. The molecule has 4 nitrogen and oxygen atoms in total. The Bertz CT molecular complexity index is 1110. The highest BCUT2D eigenvalue weighted by Crippen LogP contribution is 2.43. The summed E-state index contributed by atoms with van der Waals surface area (Å²) in [5, 5.41) is 0. The van der Waals surface area contributed by atoms with Gasteiger partial charge in [0.15, 0.2) is 0 Å². The lowest BCUT2D eigenvalue weighted by atomic mass is 9.69. The third-order valence-corrected chi connectivity index (χ3v) is 9.14. The lowest BCUT2D eigenvalue weighted by Crippen LogP contribution is -2.41. The Morgan fingerprint density at radius 2 is 0.818 bits per heavy atom. The first-order valence-corrected chi connectivity index (χ1v) is 15.3. The molecule has 2 fully saturated rings. The largest absolute Gasteiger partial charge is 0.465 e. The van der Waals surface area contributed by atoms with Crippen molar-refractivity contribution in [3.05, 3.63) is 96.1 Å². The van der Waals surface area contributed by atoms with Crippen molar-refractivity contribution in [2.45, 2.75) is 115 Å². The molecular weight excluding hydrogens is 570 g/mol. The minimum atomic E-state index is -1.69. The maximum absolute atomic E-state index is 12.8. The van der Waals surface area contributed by atoms with E-state index in [0.29, 0.717) is 25.7 Å². The molecule has 44 heavy (non-hydrogen) atoms. The lowest BCUT2D eigenvalue weighted by Gasteiger charge is -2.32. The summed E-state index contributed by atoms with van der Waals surface area (Å²) in [7, 11) is -1.29. The molecule has 2 aromatic carbocycles. The fourth-order valence-electron chi connectivity index (χ4n) is 5.00. The SMILES string of the molecule is CC1(C)OB([C@H](C=C(F)F)CCc2ccccc2)OC1(C)C.CC1(C)OB([C@H](C=C(F)F)CCc2ccccc2)OC1(C)C. The molecule has 240 valence electrons. The van der Waals surface area contributed by atoms with Gasteiger partial charge in [0.2, 0.25) is 0 Å². The molecule has 0 unspecified atom stereocenters. The number of hydrogen-bond donors (Lipinski definition) is 0. The maximum Gasteiger partial charge on any atom is 0.465 e. The van der Waals surface area contributed by atoms with Crippen molar-refractivity contribution in [2.75, 3.05) is 0 Å². The van der Waals surface area contributed by atoms with Crippen molar-refractivity contribution in [2.24, 2.45) is 0 Å². The van der Waals surface area contributed by atoms with Crippen LogP contribution in [-0.2, 0) is 31.5 Å². The zero-order valence-electron chi connectivity index (χ0n) is 27.2. The zero-order valence-corrected chi connectivity index (χ0v) is 27.2. The Balaban J connectivity index is 0.000000240. The fraction of sp³-hybridized carbons (Fsp3) is 0.529. The number of halogens is 4. The van der Waals surface area contributed by atoms with E-state index in [1.807, 2.05) is 116 Å². The summed E-state index contributed by atoms with van der Waals surface area (Å²) in [6.07, 6.45) is 1.08. The van der Waals surface area contributed by atoms with E-state index in [4.69, 9.17) is 18.6 Å². The molecule has 2 saturated heterocycles. The van der Waals surface area contributed by atoms with Gasteiger partial charge in [-0.3, -0.25) is 0 Å². The number of rotatable bonds is 10. The van der Waals surface area contributed by atoms with E-state index in [9.17, 15) is 17.6 Å². The number of allylic oxidation sites excluding steroid dienone is 2. The Hall–Kier alpha value is -2.39. The Morgan fingerprint density at radius 3 is 1.07 bits per heavy atom. The second-order valence-corrected chi connectivity index (χ2v) is 13.5. The lowest BCUT2D eigenvalue weighted by molar-refractivity contribution is 0.00578. The van der Waals surface area contributed by atoms with Crippen LogP contribution in [0, 0.1) is 0 Å². The average Bonchev–Trinajstić information content (AvgIpc) is 3.29. The molecule has 0 saturated carbocycles. The van der Waals surface area contributed by atoms with Crippen LogP contribution in [0.2, 0.25) is 11.6 Å². The van der Waals surface area contributed by atoms with Gasteiger partial charge in [-0.05, 0) is 104 Å². The predicted molar refractivity (Wildman–Crippen MR) is 170 cm³/mol. The van der Waals surface area contributed by atoms with Crippen LogP contribution in [0.5, 0.6) is 0 Å². The van der Waals surface area contributed by atoms with Crippen LogP contribution < -0.4 is 0 Å². The van der Waals surface area contributed by atoms with E-state index in [0.717, 1.165) is 23.3 Å². The quantitative estimate of drug-likeness (QED) is 0.197. The third kappa shape index (κ3) is 9.80. The molecule has 2 atom stereocenters. The molecule has 0 N–H and O–H groups in total. The minimum absolute atomic E-state index is 0.466. The van der Waals surface area contributed by atoms with E-state index >= 15 is 0 Å². The number of hydrogen-bond acceptors (Lipinski definition) is 4.